The Labute approximate surface area is 197 Å². The topological polar surface area (TPSA) is 0 Å². The Hall–Kier alpha value is -0.352. The molecule has 28 heavy (non-hydrogen) atoms. The smallest absolute Gasteiger partial charge is 0.0253 e. The molecular weight excluding hydrogens is 451 g/mol. The maximum absolute atomic E-state index is 3.36. The van der Waals surface area contributed by atoms with Crippen molar-refractivity contribution in [2.45, 2.75) is 45.6 Å². The second-order valence-electron chi connectivity index (χ2n) is 7.84. The van der Waals surface area contributed by atoms with Crippen LogP contribution in [0.4, 0.5) is 0 Å². The SMILES string of the molecule is C[Si](C)(C)C1=[C-]CC=C1.C[Si](C)=[Ti+2].Cl.Cl.[c-]1cccc2c1Cc1ccccc1-2. The summed E-state index contributed by atoms with van der Waals surface area (Å²) in [6.07, 6.45) is 9.99. The summed E-state index contributed by atoms with van der Waals surface area (Å²) in [6.45, 7) is 11.6. The molecule has 0 nitrogen and oxygen atoms in total. The minimum Gasteiger partial charge on any atom is -0.179 e. The van der Waals surface area contributed by atoms with E-state index in [-0.39, 0.29) is 31.0 Å². The summed E-state index contributed by atoms with van der Waals surface area (Å²) < 4.78 is 0. The first-order valence-electron chi connectivity index (χ1n) is 9.16. The van der Waals surface area contributed by atoms with Crippen LogP contribution < -0.4 is 0 Å². The molecule has 5 heteroatoms. The van der Waals surface area contributed by atoms with E-state index < -0.39 is 8.07 Å². The van der Waals surface area contributed by atoms with Gasteiger partial charge in [-0.1, -0.05) is 55.0 Å². The minimum absolute atomic E-state index is 0. The molecule has 0 radical (unpaired) electrons. The van der Waals surface area contributed by atoms with Gasteiger partial charge in [-0.25, -0.2) is 11.3 Å². The maximum atomic E-state index is 3.36. The molecule has 0 atom stereocenters. The Morgan fingerprint density at radius 2 is 1.57 bits per heavy atom. The third-order valence-corrected chi connectivity index (χ3v) is 6.08. The third-order valence-electron chi connectivity index (χ3n) is 4.12. The summed E-state index contributed by atoms with van der Waals surface area (Å²) in [5.41, 5.74) is 5.51. The fourth-order valence-corrected chi connectivity index (χ4v) is 4.17. The average Bonchev–Trinajstić information content (AvgIpc) is 3.22. The fourth-order valence-electron chi connectivity index (χ4n) is 2.92. The van der Waals surface area contributed by atoms with Crippen molar-refractivity contribution in [2.24, 2.45) is 0 Å². The van der Waals surface area contributed by atoms with Crippen molar-refractivity contribution in [3.8, 4) is 11.1 Å². The van der Waals surface area contributed by atoms with Crippen molar-refractivity contribution in [3.05, 3.63) is 83.1 Å². The molecule has 0 amide bonds. The number of benzene rings is 2. The molecule has 0 saturated heterocycles. The molecule has 2 aromatic carbocycles. The van der Waals surface area contributed by atoms with Crippen LogP contribution >= 0.6 is 24.8 Å². The number of rotatable bonds is 1. The minimum atomic E-state index is -1.01. The van der Waals surface area contributed by atoms with Gasteiger partial charge in [0.25, 0.3) is 0 Å². The van der Waals surface area contributed by atoms with Crippen LogP contribution in [0.15, 0.2) is 59.8 Å². The molecule has 0 bridgehead atoms. The average molecular weight is 481 g/mol. The summed E-state index contributed by atoms with van der Waals surface area (Å²) in [4.78, 5) is 0. The summed E-state index contributed by atoms with van der Waals surface area (Å²) in [5, 5.41) is 1.49. The Morgan fingerprint density at radius 3 is 2.11 bits per heavy atom. The molecule has 2 aliphatic rings. The van der Waals surface area contributed by atoms with Crippen LogP contribution in [0.25, 0.3) is 11.1 Å². The molecule has 2 aromatic rings. The van der Waals surface area contributed by atoms with Crippen LogP contribution in [0.3, 0.4) is 0 Å². The van der Waals surface area contributed by atoms with Gasteiger partial charge in [0, 0.05) is 8.07 Å². The standard InChI is InChI=1S/C13H9.C8H13Si.C2H6Si.2ClH.Ti/c1-3-7-12-10(5-1)9-11-6-2-4-8-13(11)12;1-9(2,3)8-6-4-5-7-8;1-3-2;;;/h1-5,7-8H,9H2;4,6H,5H2,1-3H3;1-2H3;2*1H;/q2*-1;;;;+2. The van der Waals surface area contributed by atoms with Gasteiger partial charge in [-0.2, -0.15) is 35.9 Å². The van der Waals surface area contributed by atoms with E-state index >= 15 is 0 Å². The van der Waals surface area contributed by atoms with Gasteiger partial charge in [-0.3, -0.25) is 6.08 Å². The Balaban J connectivity index is 0.000000432. The zero-order chi connectivity index (χ0) is 19.2. The largest absolute Gasteiger partial charge is 0.179 e. The van der Waals surface area contributed by atoms with Crippen molar-refractivity contribution >= 4 is 39.1 Å². The van der Waals surface area contributed by atoms with Gasteiger partial charge >= 0.3 is 38.5 Å². The molecule has 4 rings (SSSR count). The molecule has 148 valence electrons. The monoisotopic (exact) mass is 480 g/mol. The second-order valence-corrected chi connectivity index (χ2v) is 19.6. The van der Waals surface area contributed by atoms with E-state index in [0.29, 0.717) is 0 Å². The van der Waals surface area contributed by atoms with Crippen LogP contribution in [-0.2, 0) is 25.6 Å². The molecule has 0 saturated carbocycles. The van der Waals surface area contributed by atoms with Gasteiger partial charge in [-0.15, -0.1) is 36.8 Å². The zero-order valence-corrected chi connectivity index (χ0v) is 22.6. The Bertz CT molecular complexity index is 789. The summed E-state index contributed by atoms with van der Waals surface area (Å²) in [7, 11) is -1.01. The van der Waals surface area contributed by atoms with E-state index in [1.54, 1.807) is 0 Å². The van der Waals surface area contributed by atoms with E-state index in [0.717, 1.165) is 12.8 Å². The predicted octanol–water partition coefficient (Wildman–Crippen LogP) is 7.24. The van der Waals surface area contributed by atoms with E-state index in [4.69, 9.17) is 0 Å². The van der Waals surface area contributed by atoms with Crippen molar-refractivity contribution in [1.82, 2.24) is 0 Å². The molecule has 0 fully saturated rings. The van der Waals surface area contributed by atoms with Crippen LogP contribution in [0.2, 0.25) is 32.7 Å². The molecular formula is C23H30Cl2Si2Ti. The van der Waals surface area contributed by atoms with Crippen LogP contribution in [0, 0.1) is 12.1 Å². The van der Waals surface area contributed by atoms with E-state index in [2.05, 4.69) is 113 Å². The summed E-state index contributed by atoms with van der Waals surface area (Å²) in [5.74, 6) is 0. The zero-order valence-electron chi connectivity index (χ0n) is 17.4. The molecule has 0 aliphatic heterocycles. The molecule has 2 aliphatic carbocycles. The van der Waals surface area contributed by atoms with E-state index in [9.17, 15) is 0 Å². The quantitative estimate of drug-likeness (QED) is 0.254. The van der Waals surface area contributed by atoms with Gasteiger partial charge < -0.3 is 0 Å². The molecule has 0 aromatic heterocycles. The van der Waals surface area contributed by atoms with Crippen molar-refractivity contribution in [2.75, 3.05) is 0 Å². The van der Waals surface area contributed by atoms with Crippen LogP contribution in [0.5, 0.6) is 0 Å². The number of allylic oxidation sites excluding steroid dienone is 4. The summed E-state index contributed by atoms with van der Waals surface area (Å²) >= 11 is 2.27. The Kier molecular flexibility index (Phi) is 12.9. The van der Waals surface area contributed by atoms with Crippen molar-refractivity contribution in [1.29, 1.82) is 0 Å². The van der Waals surface area contributed by atoms with Crippen molar-refractivity contribution in [3.63, 3.8) is 0 Å². The van der Waals surface area contributed by atoms with Crippen LogP contribution in [-0.4, -0.2) is 14.3 Å². The number of hydrogen-bond acceptors (Lipinski definition) is 0. The third kappa shape index (κ3) is 8.57. The van der Waals surface area contributed by atoms with Crippen molar-refractivity contribution < 1.29 is 19.2 Å². The van der Waals surface area contributed by atoms with E-state index in [1.165, 1.54) is 27.5 Å². The predicted molar refractivity (Wildman–Crippen MR) is 129 cm³/mol. The maximum Gasteiger partial charge on any atom is -0.0253 e. The molecule has 0 spiro atoms. The Morgan fingerprint density at radius 1 is 0.964 bits per heavy atom. The van der Waals surface area contributed by atoms with Gasteiger partial charge in [-0.05, 0) is 6.42 Å². The first-order valence-corrected chi connectivity index (χ1v) is 17.5. The molecule has 0 N–H and O–H groups in total. The van der Waals surface area contributed by atoms with E-state index in [1.807, 2.05) is 6.07 Å². The summed E-state index contributed by atoms with van der Waals surface area (Å²) in [6, 6.07) is 18.1. The van der Waals surface area contributed by atoms with Gasteiger partial charge in [0.05, 0.1) is 0 Å². The number of hydrogen-bond donors (Lipinski definition) is 0. The first-order chi connectivity index (χ1) is 12.3. The fraction of sp³-hybridized carbons (Fsp3) is 0.304. The number of fused-ring (bicyclic) bond motifs is 3. The van der Waals surface area contributed by atoms with Crippen LogP contribution in [0.1, 0.15) is 17.5 Å². The normalized spacial score (nSPS) is 12.6. The first kappa shape index (κ1) is 27.6. The van der Waals surface area contributed by atoms with Gasteiger partial charge in [0.15, 0.2) is 0 Å². The molecule has 0 unspecified atom stereocenters. The van der Waals surface area contributed by atoms with Gasteiger partial charge in [0.1, 0.15) is 0 Å². The second kappa shape index (κ2) is 13.1. The number of halogens is 2. The van der Waals surface area contributed by atoms with Gasteiger partial charge in [0.2, 0.25) is 0 Å². The molecule has 0 heterocycles.